The highest BCUT2D eigenvalue weighted by Crippen LogP contribution is 2.65. The normalized spacial score (nSPS) is 45.7. The van der Waals surface area contributed by atoms with Gasteiger partial charge in [0.05, 0.1) is 0 Å². The molecule has 0 aliphatic heterocycles. The first kappa shape index (κ1) is 13.4. The van der Waals surface area contributed by atoms with Gasteiger partial charge in [-0.3, -0.25) is 4.79 Å². The van der Waals surface area contributed by atoms with Crippen LogP contribution in [-0.2, 0) is 4.79 Å². The molecule has 4 aliphatic carbocycles. The predicted octanol–water partition coefficient (Wildman–Crippen LogP) is 3.00. The number of rotatable bonds is 4. The summed E-state index contributed by atoms with van der Waals surface area (Å²) in [6.07, 6.45) is 8.24. The highest BCUT2D eigenvalue weighted by molar-refractivity contribution is 5.67. The molecule has 0 saturated heterocycles. The number of carbonyl (C=O) groups is 1. The van der Waals surface area contributed by atoms with E-state index in [1.54, 1.807) is 0 Å². The minimum absolute atomic E-state index is 0.312. The number of hydrogen-bond acceptors (Lipinski definition) is 2. The second-order valence-corrected chi connectivity index (χ2v) is 7.94. The van der Waals surface area contributed by atoms with Gasteiger partial charge in [0, 0.05) is 12.0 Å². The Morgan fingerprint density at radius 2 is 1.84 bits per heavy atom. The van der Waals surface area contributed by atoms with Crippen LogP contribution in [-0.4, -0.2) is 35.6 Å². The van der Waals surface area contributed by atoms with Crippen LogP contribution in [0.2, 0.25) is 0 Å². The average Bonchev–Trinajstić information content (AvgIpc) is 2.25. The third kappa shape index (κ3) is 2.01. The van der Waals surface area contributed by atoms with E-state index in [2.05, 4.69) is 25.9 Å². The summed E-state index contributed by atoms with van der Waals surface area (Å²) < 4.78 is 0. The molecule has 0 spiro atoms. The largest absolute Gasteiger partial charge is 0.481 e. The van der Waals surface area contributed by atoms with E-state index in [4.69, 9.17) is 5.11 Å². The van der Waals surface area contributed by atoms with Crippen LogP contribution in [0.25, 0.3) is 0 Å². The Labute approximate surface area is 116 Å². The standard InChI is InChI=1S/C16H27NO2/c1-11(4-14(18)19)15-6-12-5-13(7-15)9-16(8-12,10-15)17(2)3/h11-13H,4-10H2,1-3H3,(H,18,19). The Kier molecular flexibility index (Phi) is 2.97. The lowest BCUT2D eigenvalue weighted by atomic mass is 9.43. The van der Waals surface area contributed by atoms with Gasteiger partial charge in [-0.15, -0.1) is 0 Å². The zero-order chi connectivity index (χ0) is 13.8. The Hall–Kier alpha value is -0.570. The molecule has 4 aliphatic rings. The highest BCUT2D eigenvalue weighted by Gasteiger charge is 2.59. The topological polar surface area (TPSA) is 40.5 Å². The van der Waals surface area contributed by atoms with Crippen molar-refractivity contribution in [2.75, 3.05) is 14.1 Å². The molecule has 19 heavy (non-hydrogen) atoms. The molecule has 0 heterocycles. The van der Waals surface area contributed by atoms with E-state index < -0.39 is 5.97 Å². The number of nitrogens with zero attached hydrogens (tertiary/aromatic N) is 1. The van der Waals surface area contributed by atoms with E-state index in [0.717, 1.165) is 11.8 Å². The number of carboxylic acid groups (broad SMARTS) is 1. The number of hydrogen-bond donors (Lipinski definition) is 1. The van der Waals surface area contributed by atoms with E-state index in [0.29, 0.717) is 23.3 Å². The van der Waals surface area contributed by atoms with Crippen molar-refractivity contribution in [1.82, 2.24) is 4.90 Å². The van der Waals surface area contributed by atoms with Gasteiger partial charge in [-0.25, -0.2) is 0 Å². The molecule has 4 saturated carbocycles. The van der Waals surface area contributed by atoms with Crippen LogP contribution in [0.15, 0.2) is 0 Å². The Morgan fingerprint density at radius 1 is 1.26 bits per heavy atom. The Morgan fingerprint density at radius 3 is 2.32 bits per heavy atom. The summed E-state index contributed by atoms with van der Waals surface area (Å²) in [5.41, 5.74) is 0.684. The van der Waals surface area contributed by atoms with Gasteiger partial charge in [0.2, 0.25) is 0 Å². The van der Waals surface area contributed by atoms with Crippen molar-refractivity contribution < 1.29 is 9.90 Å². The molecule has 4 bridgehead atoms. The number of aliphatic carboxylic acids is 1. The maximum Gasteiger partial charge on any atom is 0.303 e. The number of carboxylic acids is 1. The molecule has 3 unspecified atom stereocenters. The summed E-state index contributed by atoms with van der Waals surface area (Å²) in [6.45, 7) is 2.19. The van der Waals surface area contributed by atoms with Gasteiger partial charge in [-0.2, -0.15) is 0 Å². The van der Waals surface area contributed by atoms with Crippen LogP contribution in [0, 0.1) is 23.2 Å². The van der Waals surface area contributed by atoms with Crippen LogP contribution in [0.1, 0.15) is 51.9 Å². The van der Waals surface area contributed by atoms with Gasteiger partial charge >= 0.3 is 5.97 Å². The SMILES string of the molecule is CC(CC(=O)O)C12CC3CC(C1)CC(N(C)C)(C3)C2. The molecule has 3 nitrogen and oxygen atoms in total. The smallest absolute Gasteiger partial charge is 0.303 e. The monoisotopic (exact) mass is 265 g/mol. The zero-order valence-electron chi connectivity index (χ0n) is 12.5. The molecule has 0 amide bonds. The van der Waals surface area contributed by atoms with Crippen LogP contribution >= 0.6 is 0 Å². The molecule has 4 rings (SSSR count). The van der Waals surface area contributed by atoms with Crippen LogP contribution in [0.3, 0.4) is 0 Å². The fourth-order valence-corrected chi connectivity index (χ4v) is 5.86. The molecule has 0 aromatic carbocycles. The van der Waals surface area contributed by atoms with Crippen LogP contribution in [0.5, 0.6) is 0 Å². The lowest BCUT2D eigenvalue weighted by Crippen LogP contribution is -2.62. The first-order chi connectivity index (χ1) is 8.85. The van der Waals surface area contributed by atoms with Crippen molar-refractivity contribution in [1.29, 1.82) is 0 Å². The molecular weight excluding hydrogens is 238 g/mol. The van der Waals surface area contributed by atoms with E-state index in [1.807, 2.05) is 0 Å². The van der Waals surface area contributed by atoms with Crippen molar-refractivity contribution >= 4 is 5.97 Å². The molecule has 0 aromatic rings. The quantitative estimate of drug-likeness (QED) is 0.849. The van der Waals surface area contributed by atoms with E-state index >= 15 is 0 Å². The lowest BCUT2D eigenvalue weighted by molar-refractivity contribution is -0.154. The minimum Gasteiger partial charge on any atom is -0.481 e. The third-order valence-corrected chi connectivity index (χ3v) is 6.55. The fourth-order valence-electron chi connectivity index (χ4n) is 5.86. The summed E-state index contributed by atoms with van der Waals surface area (Å²) in [6, 6.07) is 0. The molecule has 1 N–H and O–H groups in total. The fraction of sp³-hybridized carbons (Fsp3) is 0.938. The predicted molar refractivity (Wildman–Crippen MR) is 74.9 cm³/mol. The second kappa shape index (κ2) is 4.21. The van der Waals surface area contributed by atoms with Gasteiger partial charge in [0.15, 0.2) is 0 Å². The van der Waals surface area contributed by atoms with Crippen molar-refractivity contribution in [2.24, 2.45) is 23.2 Å². The van der Waals surface area contributed by atoms with Gasteiger partial charge in [0.25, 0.3) is 0 Å². The van der Waals surface area contributed by atoms with Crippen molar-refractivity contribution in [3.63, 3.8) is 0 Å². The summed E-state index contributed by atoms with van der Waals surface area (Å²) in [5.74, 6) is 1.40. The van der Waals surface area contributed by atoms with Crippen molar-refractivity contribution in [3.05, 3.63) is 0 Å². The molecule has 0 radical (unpaired) electrons. The lowest BCUT2D eigenvalue weighted by Gasteiger charge is -2.65. The first-order valence-corrected chi connectivity index (χ1v) is 7.74. The van der Waals surface area contributed by atoms with E-state index in [1.165, 1.54) is 38.5 Å². The van der Waals surface area contributed by atoms with E-state index in [9.17, 15) is 4.79 Å². The molecule has 3 heteroatoms. The van der Waals surface area contributed by atoms with Gasteiger partial charge in [-0.05, 0) is 75.8 Å². The Balaban J connectivity index is 1.89. The minimum atomic E-state index is -0.623. The molecule has 0 aromatic heterocycles. The molecular formula is C16H27NO2. The molecule has 3 atom stereocenters. The summed E-state index contributed by atoms with van der Waals surface area (Å²) >= 11 is 0. The summed E-state index contributed by atoms with van der Waals surface area (Å²) in [5, 5.41) is 9.15. The second-order valence-electron chi connectivity index (χ2n) is 7.94. The summed E-state index contributed by atoms with van der Waals surface area (Å²) in [7, 11) is 4.45. The van der Waals surface area contributed by atoms with Crippen molar-refractivity contribution in [2.45, 2.75) is 57.4 Å². The maximum absolute atomic E-state index is 11.1. The van der Waals surface area contributed by atoms with Crippen LogP contribution in [0.4, 0.5) is 0 Å². The first-order valence-electron chi connectivity index (χ1n) is 7.74. The Bertz CT molecular complexity index is 376. The van der Waals surface area contributed by atoms with Crippen molar-refractivity contribution in [3.8, 4) is 0 Å². The molecule has 108 valence electrons. The maximum atomic E-state index is 11.1. The average molecular weight is 265 g/mol. The molecule has 4 fully saturated rings. The summed E-state index contributed by atoms with van der Waals surface area (Å²) in [4.78, 5) is 13.6. The highest BCUT2D eigenvalue weighted by atomic mass is 16.4. The third-order valence-electron chi connectivity index (χ3n) is 6.55. The van der Waals surface area contributed by atoms with Gasteiger partial charge in [-0.1, -0.05) is 6.92 Å². The van der Waals surface area contributed by atoms with Gasteiger partial charge < -0.3 is 10.0 Å². The van der Waals surface area contributed by atoms with Gasteiger partial charge in [0.1, 0.15) is 0 Å². The van der Waals surface area contributed by atoms with Crippen LogP contribution < -0.4 is 0 Å². The van der Waals surface area contributed by atoms with E-state index in [-0.39, 0.29) is 0 Å². The zero-order valence-corrected chi connectivity index (χ0v) is 12.5.